The van der Waals surface area contributed by atoms with Crippen LogP contribution in [-0.4, -0.2) is 57.2 Å². The number of aryl methyl sites for hydroxylation is 1. The van der Waals surface area contributed by atoms with Gasteiger partial charge in [0.2, 0.25) is 0 Å². The molecule has 1 heterocycles. The van der Waals surface area contributed by atoms with Gasteiger partial charge in [-0.3, -0.25) is 9.69 Å². The van der Waals surface area contributed by atoms with E-state index in [1.54, 1.807) is 37.3 Å². The van der Waals surface area contributed by atoms with Gasteiger partial charge in [-0.1, -0.05) is 29.0 Å². The molecule has 0 saturated heterocycles. The number of aromatic nitrogens is 1. The average molecular weight is 448 g/mol. The molecule has 6 nitrogen and oxygen atoms in total. The van der Waals surface area contributed by atoms with E-state index in [9.17, 15) is 4.79 Å². The number of hydrogen-bond acceptors (Lipinski definition) is 6. The van der Waals surface area contributed by atoms with Crippen molar-refractivity contribution in [2.24, 2.45) is 0 Å². The number of hydrogen-bond donors (Lipinski definition) is 0. The molecule has 3 rings (SSSR count). The second-order valence-corrected chi connectivity index (χ2v) is 8.63. The Morgan fingerprint density at radius 3 is 2.47 bits per heavy atom. The summed E-state index contributed by atoms with van der Waals surface area (Å²) in [4.78, 5) is 22.2. The molecule has 1 amide bonds. The van der Waals surface area contributed by atoms with Crippen LogP contribution in [0.1, 0.15) is 22.3 Å². The summed E-state index contributed by atoms with van der Waals surface area (Å²) in [7, 11) is 7.19. The molecule has 0 aliphatic rings. The van der Waals surface area contributed by atoms with Gasteiger partial charge in [0.25, 0.3) is 5.91 Å². The van der Waals surface area contributed by atoms with E-state index in [1.807, 2.05) is 33.2 Å². The van der Waals surface area contributed by atoms with Gasteiger partial charge in [0, 0.05) is 11.6 Å². The molecule has 0 aliphatic heterocycles. The molecule has 160 valence electrons. The molecule has 30 heavy (non-hydrogen) atoms. The molecule has 1 aromatic heterocycles. The summed E-state index contributed by atoms with van der Waals surface area (Å²) in [6, 6.07) is 8.96. The highest BCUT2D eigenvalue weighted by molar-refractivity contribution is 7.22. The second-order valence-electron chi connectivity index (χ2n) is 7.22. The van der Waals surface area contributed by atoms with Crippen LogP contribution in [0, 0.1) is 6.92 Å². The van der Waals surface area contributed by atoms with E-state index in [0.717, 1.165) is 28.7 Å². The third-order valence-corrected chi connectivity index (χ3v) is 6.22. The van der Waals surface area contributed by atoms with E-state index in [-0.39, 0.29) is 5.91 Å². The Balaban J connectivity index is 2.07. The maximum absolute atomic E-state index is 13.6. The fourth-order valence-electron chi connectivity index (χ4n) is 3.20. The van der Waals surface area contributed by atoms with Crippen molar-refractivity contribution in [1.29, 1.82) is 0 Å². The first kappa shape index (κ1) is 22.3. The van der Waals surface area contributed by atoms with Gasteiger partial charge in [-0.25, -0.2) is 4.98 Å². The fourth-order valence-corrected chi connectivity index (χ4v) is 4.45. The molecule has 8 heteroatoms. The van der Waals surface area contributed by atoms with Crippen molar-refractivity contribution < 1.29 is 14.3 Å². The van der Waals surface area contributed by atoms with Gasteiger partial charge in [-0.15, -0.1) is 0 Å². The number of carbonyl (C=O) groups excluding carboxylic acids is 1. The van der Waals surface area contributed by atoms with Crippen LogP contribution in [0.2, 0.25) is 5.02 Å². The van der Waals surface area contributed by atoms with Gasteiger partial charge >= 0.3 is 0 Å². The summed E-state index contributed by atoms with van der Waals surface area (Å²) in [6.45, 7) is 3.40. The van der Waals surface area contributed by atoms with Crippen LogP contribution in [-0.2, 0) is 0 Å². The molecule has 0 spiro atoms. The van der Waals surface area contributed by atoms with Crippen molar-refractivity contribution in [2.75, 3.05) is 46.3 Å². The summed E-state index contributed by atoms with van der Waals surface area (Å²) >= 11 is 7.66. The lowest BCUT2D eigenvalue weighted by atomic mass is 10.1. The smallest absolute Gasteiger partial charge is 0.263 e. The zero-order chi connectivity index (χ0) is 21.8. The van der Waals surface area contributed by atoms with Gasteiger partial charge in [0.15, 0.2) is 5.13 Å². The van der Waals surface area contributed by atoms with Crippen molar-refractivity contribution in [3.05, 3.63) is 46.5 Å². The highest BCUT2D eigenvalue weighted by Gasteiger charge is 2.25. The molecule has 0 aliphatic carbocycles. The summed E-state index contributed by atoms with van der Waals surface area (Å²) < 4.78 is 11.9. The number of thiazole rings is 1. The molecule has 0 unspecified atom stereocenters. The predicted octanol–water partition coefficient (Wildman–Crippen LogP) is 4.87. The van der Waals surface area contributed by atoms with Crippen molar-refractivity contribution in [3.8, 4) is 11.5 Å². The molecule has 0 atom stereocenters. The molecule has 3 aromatic rings. The molecule has 0 bridgehead atoms. The first-order chi connectivity index (χ1) is 14.3. The highest BCUT2D eigenvalue weighted by Crippen LogP contribution is 2.37. The highest BCUT2D eigenvalue weighted by atomic mass is 35.5. The van der Waals surface area contributed by atoms with E-state index < -0.39 is 0 Å². The standard InChI is InChI=1S/C22H26ClN3O3S/c1-14-7-9-18(29-5)19-20(14)30-22(24-19)26(12-6-11-25(2)3)21(27)16-13-15(23)8-10-17(16)28-4/h7-10,13H,6,11-12H2,1-5H3. The van der Waals surface area contributed by atoms with Crippen molar-refractivity contribution in [3.63, 3.8) is 0 Å². The van der Waals surface area contributed by atoms with E-state index >= 15 is 0 Å². The van der Waals surface area contributed by atoms with Crippen LogP contribution in [0.5, 0.6) is 11.5 Å². The van der Waals surface area contributed by atoms with Crippen LogP contribution in [0.4, 0.5) is 5.13 Å². The van der Waals surface area contributed by atoms with Crippen molar-refractivity contribution >= 4 is 44.2 Å². The lowest BCUT2D eigenvalue weighted by Crippen LogP contribution is -2.33. The number of halogens is 1. The number of ether oxygens (including phenoxy) is 2. The number of rotatable bonds is 8. The Morgan fingerprint density at radius 2 is 1.80 bits per heavy atom. The van der Waals surface area contributed by atoms with E-state index in [0.29, 0.717) is 33.8 Å². The number of carbonyl (C=O) groups is 1. The third-order valence-electron chi connectivity index (χ3n) is 4.77. The predicted molar refractivity (Wildman–Crippen MR) is 124 cm³/mol. The largest absolute Gasteiger partial charge is 0.496 e. The van der Waals surface area contributed by atoms with Gasteiger partial charge in [0.05, 0.1) is 24.5 Å². The fraction of sp³-hybridized carbons (Fsp3) is 0.364. The molecule has 0 saturated carbocycles. The van der Waals surface area contributed by atoms with E-state index in [4.69, 9.17) is 26.1 Å². The summed E-state index contributed by atoms with van der Waals surface area (Å²) in [6.07, 6.45) is 0.799. The van der Waals surface area contributed by atoms with E-state index in [2.05, 4.69) is 4.90 Å². The number of anilines is 1. The monoisotopic (exact) mass is 447 g/mol. The normalized spacial score (nSPS) is 11.2. The van der Waals surface area contributed by atoms with Crippen LogP contribution in [0.25, 0.3) is 10.2 Å². The Hall–Kier alpha value is -2.35. The number of fused-ring (bicyclic) bond motifs is 1. The minimum Gasteiger partial charge on any atom is -0.496 e. The van der Waals surface area contributed by atoms with Crippen LogP contribution >= 0.6 is 22.9 Å². The van der Waals surface area contributed by atoms with Gasteiger partial charge in [-0.2, -0.15) is 0 Å². The number of methoxy groups -OCH3 is 2. The summed E-state index contributed by atoms with van der Waals surface area (Å²) in [5, 5.41) is 1.11. The first-order valence-electron chi connectivity index (χ1n) is 9.60. The average Bonchev–Trinajstić information content (AvgIpc) is 3.17. The number of nitrogens with zero attached hydrogens (tertiary/aromatic N) is 3. The van der Waals surface area contributed by atoms with E-state index in [1.165, 1.54) is 11.3 Å². The van der Waals surface area contributed by atoms with Crippen LogP contribution < -0.4 is 14.4 Å². The lowest BCUT2D eigenvalue weighted by Gasteiger charge is -2.22. The van der Waals surface area contributed by atoms with Crippen LogP contribution in [0.15, 0.2) is 30.3 Å². The number of amides is 1. The Kier molecular flexibility index (Phi) is 7.18. The Bertz CT molecular complexity index is 1050. The molecule has 0 fully saturated rings. The Morgan fingerprint density at radius 1 is 1.10 bits per heavy atom. The minimum absolute atomic E-state index is 0.191. The maximum atomic E-state index is 13.6. The third kappa shape index (κ3) is 4.69. The van der Waals surface area contributed by atoms with Gasteiger partial charge in [0.1, 0.15) is 17.0 Å². The quantitative estimate of drug-likeness (QED) is 0.493. The van der Waals surface area contributed by atoms with Crippen molar-refractivity contribution in [2.45, 2.75) is 13.3 Å². The minimum atomic E-state index is -0.191. The molecule has 2 aromatic carbocycles. The molecular weight excluding hydrogens is 422 g/mol. The van der Waals surface area contributed by atoms with Gasteiger partial charge in [-0.05, 0) is 63.8 Å². The van der Waals surface area contributed by atoms with Gasteiger partial charge < -0.3 is 14.4 Å². The SMILES string of the molecule is COc1ccc(Cl)cc1C(=O)N(CCCN(C)C)c1nc2c(OC)ccc(C)c2s1. The topological polar surface area (TPSA) is 54.9 Å². The molecule has 0 N–H and O–H groups in total. The van der Waals surface area contributed by atoms with Crippen molar-refractivity contribution in [1.82, 2.24) is 9.88 Å². The summed E-state index contributed by atoms with van der Waals surface area (Å²) in [5.41, 5.74) is 2.27. The second kappa shape index (κ2) is 9.64. The molecule has 0 radical (unpaired) electrons. The summed E-state index contributed by atoms with van der Waals surface area (Å²) in [5.74, 6) is 0.986. The maximum Gasteiger partial charge on any atom is 0.263 e. The van der Waals surface area contributed by atoms with Crippen LogP contribution in [0.3, 0.4) is 0 Å². The lowest BCUT2D eigenvalue weighted by molar-refractivity contribution is 0.0983. The first-order valence-corrected chi connectivity index (χ1v) is 10.8. The molecular formula is C22H26ClN3O3S. The Labute approximate surface area is 186 Å². The zero-order valence-electron chi connectivity index (χ0n) is 17.9. The zero-order valence-corrected chi connectivity index (χ0v) is 19.4. The number of benzene rings is 2.